The third-order valence-corrected chi connectivity index (χ3v) is 6.52. The van der Waals surface area contributed by atoms with Crippen molar-refractivity contribution in [2.24, 2.45) is 0 Å². The molecule has 1 fully saturated rings. The van der Waals surface area contributed by atoms with Gasteiger partial charge in [0.05, 0.1) is 17.0 Å². The highest BCUT2D eigenvalue weighted by Crippen LogP contribution is 2.39. The normalized spacial score (nSPS) is 18.4. The zero-order valence-corrected chi connectivity index (χ0v) is 18.6. The van der Waals surface area contributed by atoms with Crippen molar-refractivity contribution in [3.05, 3.63) is 51.9 Å². The number of pyridine rings is 1. The van der Waals surface area contributed by atoms with Gasteiger partial charge in [-0.2, -0.15) is 0 Å². The zero-order chi connectivity index (χ0) is 22.3. The van der Waals surface area contributed by atoms with E-state index < -0.39 is 5.92 Å². The maximum Gasteiger partial charge on any atom is 0.274 e. The second-order valence-electron chi connectivity index (χ2n) is 8.17. The summed E-state index contributed by atoms with van der Waals surface area (Å²) >= 11 is 1.47. The molecule has 1 aliphatic heterocycles. The summed E-state index contributed by atoms with van der Waals surface area (Å²) in [5, 5.41) is 16.4. The number of aryl methyl sites for hydroxylation is 1. The molecule has 1 aliphatic carbocycles. The highest BCUT2D eigenvalue weighted by Gasteiger charge is 2.33. The minimum Gasteiger partial charge on any atom is -0.350 e. The molecule has 2 N–H and O–H groups in total. The molecule has 2 aliphatic rings. The lowest BCUT2D eigenvalue weighted by Crippen LogP contribution is -2.38. The van der Waals surface area contributed by atoms with Crippen molar-refractivity contribution in [1.82, 2.24) is 30.5 Å². The first-order valence-electron chi connectivity index (χ1n) is 10.6. The van der Waals surface area contributed by atoms with Gasteiger partial charge < -0.3 is 10.6 Å². The first-order chi connectivity index (χ1) is 15.4. The highest BCUT2D eigenvalue weighted by atomic mass is 32.1. The molecule has 1 atom stereocenters. The van der Waals surface area contributed by atoms with Gasteiger partial charge in [-0.05, 0) is 32.4 Å². The Bertz CT molecular complexity index is 1180. The van der Waals surface area contributed by atoms with E-state index in [0.29, 0.717) is 17.9 Å². The fourth-order valence-corrected chi connectivity index (χ4v) is 4.75. The predicted molar refractivity (Wildman–Crippen MR) is 120 cm³/mol. The number of nitrogens with one attached hydrogen (secondary N) is 2. The highest BCUT2D eigenvalue weighted by molar-refractivity contribution is 7.14. The van der Waals surface area contributed by atoms with Gasteiger partial charge in [0.15, 0.2) is 5.01 Å². The van der Waals surface area contributed by atoms with E-state index in [0.717, 1.165) is 59.8 Å². The molecule has 0 bridgehead atoms. The minimum atomic E-state index is -3.07. The molecule has 3 aromatic rings. The van der Waals surface area contributed by atoms with Crippen LogP contribution < -0.4 is 10.6 Å². The third kappa shape index (κ3) is 4.12. The molecule has 0 radical (unpaired) electrons. The maximum atomic E-state index is 14.5. The summed E-state index contributed by atoms with van der Waals surface area (Å²) in [5.74, 6) is -2.70. The minimum absolute atomic E-state index is 0.175. The smallest absolute Gasteiger partial charge is 0.274 e. The van der Waals surface area contributed by atoms with Crippen molar-refractivity contribution in [3.8, 4) is 10.7 Å². The number of allylic oxidation sites excluding steroid dienone is 1. The molecule has 0 spiro atoms. The Balaban J connectivity index is 1.50. The quantitative estimate of drug-likeness (QED) is 0.602. The standard InChI is InChI=1S/C22H23F2N7S/c1-12-30-31-20(32-12)18-8-5-14-15(6-7-17(14)28-18)19-16(22(2,23)24)11-26-21(29-19)27-13-4-3-9-25-10-13/h5-6,8,11,13,25H,3-4,7,9-10H2,1-2H3,(H,26,27,29)/t13-/m0/s1. The number of rotatable bonds is 5. The number of fused-ring (bicyclic) bond motifs is 1. The summed E-state index contributed by atoms with van der Waals surface area (Å²) in [6, 6.07) is 3.94. The Morgan fingerprint density at radius 2 is 2.09 bits per heavy atom. The van der Waals surface area contributed by atoms with E-state index in [-0.39, 0.29) is 17.3 Å². The molecule has 0 aromatic carbocycles. The molecule has 0 amide bonds. The predicted octanol–water partition coefficient (Wildman–Crippen LogP) is 3.96. The second kappa shape index (κ2) is 8.25. The number of halogens is 2. The van der Waals surface area contributed by atoms with Crippen LogP contribution in [0.5, 0.6) is 0 Å². The number of aromatic nitrogens is 5. The maximum absolute atomic E-state index is 14.5. The van der Waals surface area contributed by atoms with Crippen LogP contribution in [0.1, 0.15) is 47.3 Å². The molecular weight excluding hydrogens is 432 g/mol. The Morgan fingerprint density at radius 3 is 2.81 bits per heavy atom. The summed E-state index contributed by atoms with van der Waals surface area (Å²) in [6.45, 7) is 4.56. The molecule has 7 nitrogen and oxygen atoms in total. The molecule has 1 saturated heterocycles. The van der Waals surface area contributed by atoms with Crippen molar-refractivity contribution in [2.75, 3.05) is 18.4 Å². The molecule has 3 aromatic heterocycles. The van der Waals surface area contributed by atoms with Crippen LogP contribution >= 0.6 is 11.3 Å². The van der Waals surface area contributed by atoms with Crippen molar-refractivity contribution in [2.45, 2.75) is 45.1 Å². The SMILES string of the molecule is Cc1nnc(-c2ccc3c(n2)CC=C3c2nc(N[C@H]3CCCNC3)ncc2C(C)(F)F)s1. The van der Waals surface area contributed by atoms with Crippen molar-refractivity contribution in [1.29, 1.82) is 0 Å². The molecular formula is C22H23F2N7S. The van der Waals surface area contributed by atoms with E-state index in [1.165, 1.54) is 17.5 Å². The lowest BCUT2D eigenvalue weighted by atomic mass is 9.99. The third-order valence-electron chi connectivity index (χ3n) is 5.66. The van der Waals surface area contributed by atoms with Crippen LogP contribution in [0.2, 0.25) is 0 Å². The number of nitrogens with zero attached hydrogens (tertiary/aromatic N) is 5. The van der Waals surface area contributed by atoms with Crippen LogP contribution in [0.3, 0.4) is 0 Å². The Morgan fingerprint density at radius 1 is 1.22 bits per heavy atom. The summed E-state index contributed by atoms with van der Waals surface area (Å²) in [5.41, 5.74) is 3.09. The summed E-state index contributed by atoms with van der Waals surface area (Å²) in [7, 11) is 0. The van der Waals surface area contributed by atoms with Crippen LogP contribution in [-0.2, 0) is 12.3 Å². The molecule has 4 heterocycles. The van der Waals surface area contributed by atoms with Crippen LogP contribution in [0.15, 0.2) is 24.4 Å². The molecule has 0 saturated carbocycles. The van der Waals surface area contributed by atoms with Crippen molar-refractivity contribution in [3.63, 3.8) is 0 Å². The fraction of sp³-hybridized carbons (Fsp3) is 0.409. The van der Waals surface area contributed by atoms with Gasteiger partial charge in [0.2, 0.25) is 5.95 Å². The van der Waals surface area contributed by atoms with E-state index in [9.17, 15) is 8.78 Å². The van der Waals surface area contributed by atoms with Gasteiger partial charge >= 0.3 is 0 Å². The first-order valence-corrected chi connectivity index (χ1v) is 11.4. The van der Waals surface area contributed by atoms with Crippen molar-refractivity contribution >= 4 is 22.9 Å². The topological polar surface area (TPSA) is 88.5 Å². The van der Waals surface area contributed by atoms with Gasteiger partial charge in [-0.1, -0.05) is 23.5 Å². The fourth-order valence-electron chi connectivity index (χ4n) is 4.09. The first kappa shape index (κ1) is 21.0. The second-order valence-corrected chi connectivity index (χ2v) is 9.35. The lowest BCUT2D eigenvalue weighted by molar-refractivity contribution is 0.0165. The molecule has 166 valence electrons. The lowest BCUT2D eigenvalue weighted by Gasteiger charge is -2.24. The summed E-state index contributed by atoms with van der Waals surface area (Å²) in [4.78, 5) is 13.5. The molecule has 5 rings (SSSR count). The average Bonchev–Trinajstić information content (AvgIpc) is 3.39. The Hall–Kier alpha value is -2.85. The summed E-state index contributed by atoms with van der Waals surface area (Å²) in [6.07, 6.45) is 5.74. The van der Waals surface area contributed by atoms with Crippen LogP contribution in [0.4, 0.5) is 14.7 Å². The van der Waals surface area contributed by atoms with E-state index in [2.05, 4.69) is 30.8 Å². The van der Waals surface area contributed by atoms with E-state index in [1.807, 2.05) is 25.1 Å². The van der Waals surface area contributed by atoms with Gasteiger partial charge in [0.1, 0.15) is 10.7 Å². The van der Waals surface area contributed by atoms with Gasteiger partial charge in [0, 0.05) is 43.3 Å². The van der Waals surface area contributed by atoms with Gasteiger partial charge in [0.25, 0.3) is 5.92 Å². The summed E-state index contributed by atoms with van der Waals surface area (Å²) < 4.78 is 28.9. The largest absolute Gasteiger partial charge is 0.350 e. The molecule has 32 heavy (non-hydrogen) atoms. The van der Waals surface area contributed by atoms with E-state index >= 15 is 0 Å². The van der Waals surface area contributed by atoms with Gasteiger partial charge in [-0.15, -0.1) is 10.2 Å². The number of anilines is 1. The molecule has 10 heteroatoms. The van der Waals surface area contributed by atoms with E-state index in [4.69, 9.17) is 4.98 Å². The van der Waals surface area contributed by atoms with Crippen LogP contribution in [-0.4, -0.2) is 44.3 Å². The Kier molecular flexibility index (Phi) is 5.42. The van der Waals surface area contributed by atoms with Crippen LogP contribution in [0, 0.1) is 6.92 Å². The van der Waals surface area contributed by atoms with E-state index in [1.54, 1.807) is 0 Å². The average molecular weight is 456 g/mol. The number of alkyl halides is 2. The van der Waals surface area contributed by atoms with Gasteiger partial charge in [-0.25, -0.2) is 23.7 Å². The number of hydrogen-bond acceptors (Lipinski definition) is 8. The number of piperidine rings is 1. The van der Waals surface area contributed by atoms with Crippen LogP contribution in [0.25, 0.3) is 16.3 Å². The molecule has 0 unspecified atom stereocenters. The van der Waals surface area contributed by atoms with Crippen molar-refractivity contribution < 1.29 is 8.78 Å². The Labute approximate surface area is 188 Å². The van der Waals surface area contributed by atoms with Gasteiger partial charge in [-0.3, -0.25) is 0 Å². The zero-order valence-electron chi connectivity index (χ0n) is 17.8. The monoisotopic (exact) mass is 455 g/mol. The number of hydrogen-bond donors (Lipinski definition) is 2.